The van der Waals surface area contributed by atoms with Gasteiger partial charge in [0.2, 0.25) is 0 Å². The topological polar surface area (TPSA) is 52.6 Å². The molecular formula is C13H17FN2O2. The number of anilines is 1. The van der Waals surface area contributed by atoms with Gasteiger partial charge in [0.15, 0.2) is 0 Å². The fourth-order valence-corrected chi connectivity index (χ4v) is 2.17. The Morgan fingerprint density at radius 1 is 1.44 bits per heavy atom. The molecule has 0 radical (unpaired) electrons. The summed E-state index contributed by atoms with van der Waals surface area (Å²) in [7, 11) is 2.08. The Morgan fingerprint density at radius 2 is 2.11 bits per heavy atom. The second-order valence-electron chi connectivity index (χ2n) is 4.72. The molecule has 1 heterocycles. The number of nitrogens with one attached hydrogen (secondary N) is 1. The summed E-state index contributed by atoms with van der Waals surface area (Å²) in [5.74, 6) is -1.93. The van der Waals surface area contributed by atoms with Gasteiger partial charge in [-0.25, -0.2) is 9.18 Å². The molecule has 1 saturated heterocycles. The van der Waals surface area contributed by atoms with Gasteiger partial charge in [-0.05, 0) is 51.2 Å². The second kappa shape index (κ2) is 5.35. The lowest BCUT2D eigenvalue weighted by atomic mass is 10.0. The molecule has 4 nitrogen and oxygen atoms in total. The molecule has 0 spiro atoms. The number of aromatic carboxylic acids is 1. The van der Waals surface area contributed by atoms with E-state index in [9.17, 15) is 9.18 Å². The van der Waals surface area contributed by atoms with Crippen LogP contribution in [0.3, 0.4) is 0 Å². The summed E-state index contributed by atoms with van der Waals surface area (Å²) >= 11 is 0. The van der Waals surface area contributed by atoms with Crippen molar-refractivity contribution in [1.29, 1.82) is 0 Å². The molecule has 1 fully saturated rings. The van der Waals surface area contributed by atoms with E-state index in [2.05, 4.69) is 17.3 Å². The molecule has 0 amide bonds. The summed E-state index contributed by atoms with van der Waals surface area (Å²) in [4.78, 5) is 13.1. The van der Waals surface area contributed by atoms with Gasteiger partial charge >= 0.3 is 5.97 Å². The SMILES string of the molecule is CN1CCC(Nc2ccc(F)c(C(=O)O)c2)CC1. The zero-order chi connectivity index (χ0) is 13.1. The van der Waals surface area contributed by atoms with Crippen LogP contribution in [0.4, 0.5) is 10.1 Å². The number of piperidine rings is 1. The van der Waals surface area contributed by atoms with Crippen LogP contribution in [0, 0.1) is 5.82 Å². The summed E-state index contributed by atoms with van der Waals surface area (Å²) in [6.07, 6.45) is 2.02. The maximum absolute atomic E-state index is 13.2. The number of benzene rings is 1. The van der Waals surface area contributed by atoms with Crippen LogP contribution in [-0.2, 0) is 0 Å². The van der Waals surface area contributed by atoms with Crippen LogP contribution in [0.5, 0.6) is 0 Å². The van der Waals surface area contributed by atoms with Crippen molar-refractivity contribution in [2.75, 3.05) is 25.5 Å². The molecule has 0 unspecified atom stereocenters. The van der Waals surface area contributed by atoms with E-state index in [4.69, 9.17) is 5.11 Å². The molecule has 18 heavy (non-hydrogen) atoms. The minimum Gasteiger partial charge on any atom is -0.478 e. The molecule has 0 bridgehead atoms. The summed E-state index contributed by atoms with van der Waals surface area (Å²) in [5.41, 5.74) is 0.385. The van der Waals surface area contributed by atoms with Crippen molar-refractivity contribution in [3.8, 4) is 0 Å². The van der Waals surface area contributed by atoms with Crippen molar-refractivity contribution in [3.63, 3.8) is 0 Å². The van der Waals surface area contributed by atoms with E-state index in [1.807, 2.05) is 0 Å². The minimum absolute atomic E-state index is 0.284. The number of likely N-dealkylation sites (tertiary alicyclic amines) is 1. The summed E-state index contributed by atoms with van der Waals surface area (Å²) in [6, 6.07) is 4.46. The molecule has 1 aliphatic rings. The highest BCUT2D eigenvalue weighted by molar-refractivity contribution is 5.89. The summed E-state index contributed by atoms with van der Waals surface area (Å²) in [5, 5.41) is 12.1. The van der Waals surface area contributed by atoms with Crippen molar-refractivity contribution in [1.82, 2.24) is 4.90 Å². The van der Waals surface area contributed by atoms with E-state index in [1.54, 1.807) is 6.07 Å². The standard InChI is InChI=1S/C13H17FN2O2/c1-16-6-4-9(5-7-16)15-10-2-3-12(14)11(8-10)13(17)18/h2-3,8-9,15H,4-7H2,1H3,(H,17,18). The lowest BCUT2D eigenvalue weighted by Crippen LogP contribution is -2.36. The Hall–Kier alpha value is -1.62. The zero-order valence-electron chi connectivity index (χ0n) is 10.3. The number of hydrogen-bond donors (Lipinski definition) is 2. The second-order valence-corrected chi connectivity index (χ2v) is 4.72. The molecule has 1 aromatic carbocycles. The third-order valence-electron chi connectivity index (χ3n) is 3.29. The van der Waals surface area contributed by atoms with E-state index < -0.39 is 11.8 Å². The maximum Gasteiger partial charge on any atom is 0.338 e. The first-order valence-corrected chi connectivity index (χ1v) is 6.04. The molecule has 5 heteroatoms. The smallest absolute Gasteiger partial charge is 0.338 e. The maximum atomic E-state index is 13.2. The molecule has 0 aromatic heterocycles. The van der Waals surface area contributed by atoms with Crippen LogP contribution in [0.1, 0.15) is 23.2 Å². The van der Waals surface area contributed by atoms with Gasteiger partial charge in [0, 0.05) is 11.7 Å². The van der Waals surface area contributed by atoms with Gasteiger partial charge in [0.1, 0.15) is 5.82 Å². The van der Waals surface area contributed by atoms with Crippen molar-refractivity contribution in [2.45, 2.75) is 18.9 Å². The number of nitrogens with zero attached hydrogens (tertiary/aromatic N) is 1. The molecule has 0 saturated carbocycles. The monoisotopic (exact) mass is 252 g/mol. The number of carboxylic acid groups (broad SMARTS) is 1. The first-order chi connectivity index (χ1) is 8.56. The number of carboxylic acids is 1. The number of hydrogen-bond acceptors (Lipinski definition) is 3. The summed E-state index contributed by atoms with van der Waals surface area (Å²) in [6.45, 7) is 2.04. The quantitative estimate of drug-likeness (QED) is 0.864. The predicted octanol–water partition coefficient (Wildman–Crippen LogP) is 2.03. The third-order valence-corrected chi connectivity index (χ3v) is 3.29. The van der Waals surface area contributed by atoms with Crippen molar-refractivity contribution < 1.29 is 14.3 Å². The fourth-order valence-electron chi connectivity index (χ4n) is 2.17. The number of rotatable bonds is 3. The molecule has 1 aromatic rings. The zero-order valence-corrected chi connectivity index (χ0v) is 10.3. The lowest BCUT2D eigenvalue weighted by Gasteiger charge is -2.30. The van der Waals surface area contributed by atoms with Crippen LogP contribution >= 0.6 is 0 Å². The van der Waals surface area contributed by atoms with E-state index in [-0.39, 0.29) is 5.56 Å². The van der Waals surface area contributed by atoms with Crippen molar-refractivity contribution >= 4 is 11.7 Å². The van der Waals surface area contributed by atoms with Crippen LogP contribution in [0.2, 0.25) is 0 Å². The Balaban J connectivity index is 2.05. The third kappa shape index (κ3) is 2.98. The van der Waals surface area contributed by atoms with Gasteiger partial charge in [0.05, 0.1) is 5.56 Å². The average molecular weight is 252 g/mol. The first-order valence-electron chi connectivity index (χ1n) is 6.04. The highest BCUT2D eigenvalue weighted by Crippen LogP contribution is 2.19. The van der Waals surface area contributed by atoms with Gasteiger partial charge in [0.25, 0.3) is 0 Å². The van der Waals surface area contributed by atoms with Gasteiger partial charge in [-0.15, -0.1) is 0 Å². The van der Waals surface area contributed by atoms with Crippen LogP contribution in [-0.4, -0.2) is 42.2 Å². The fraction of sp³-hybridized carbons (Fsp3) is 0.462. The largest absolute Gasteiger partial charge is 0.478 e. The normalized spacial score (nSPS) is 17.7. The van der Waals surface area contributed by atoms with Gasteiger partial charge < -0.3 is 15.3 Å². The molecular weight excluding hydrogens is 235 g/mol. The molecule has 0 aliphatic carbocycles. The van der Waals surface area contributed by atoms with E-state index in [0.29, 0.717) is 11.7 Å². The Labute approximate surface area is 105 Å². The minimum atomic E-state index is -1.24. The van der Waals surface area contributed by atoms with Gasteiger partial charge in [-0.1, -0.05) is 0 Å². The average Bonchev–Trinajstić information content (AvgIpc) is 2.34. The van der Waals surface area contributed by atoms with Crippen LogP contribution < -0.4 is 5.32 Å². The predicted molar refractivity (Wildman–Crippen MR) is 67.5 cm³/mol. The number of halogens is 1. The Morgan fingerprint density at radius 3 is 2.72 bits per heavy atom. The number of carbonyl (C=O) groups is 1. The molecule has 2 rings (SSSR count). The Kier molecular flexibility index (Phi) is 3.81. The van der Waals surface area contributed by atoms with Crippen molar-refractivity contribution in [3.05, 3.63) is 29.6 Å². The summed E-state index contributed by atoms with van der Waals surface area (Å²) < 4.78 is 13.2. The molecule has 1 aliphatic heterocycles. The Bertz CT molecular complexity index is 443. The van der Waals surface area contributed by atoms with Gasteiger partial charge in [-0.2, -0.15) is 0 Å². The lowest BCUT2D eigenvalue weighted by molar-refractivity contribution is 0.0692. The van der Waals surface area contributed by atoms with E-state index in [0.717, 1.165) is 25.9 Å². The first kappa shape index (κ1) is 12.8. The van der Waals surface area contributed by atoms with Crippen molar-refractivity contribution in [2.24, 2.45) is 0 Å². The highest BCUT2D eigenvalue weighted by atomic mass is 19.1. The van der Waals surface area contributed by atoms with E-state index >= 15 is 0 Å². The molecule has 0 atom stereocenters. The molecule has 98 valence electrons. The highest BCUT2D eigenvalue weighted by Gasteiger charge is 2.17. The van der Waals surface area contributed by atoms with E-state index in [1.165, 1.54) is 12.1 Å². The van der Waals surface area contributed by atoms with Crippen LogP contribution in [0.15, 0.2) is 18.2 Å². The van der Waals surface area contributed by atoms with Gasteiger partial charge in [-0.3, -0.25) is 0 Å². The van der Waals surface area contributed by atoms with Crippen LogP contribution in [0.25, 0.3) is 0 Å². The molecule has 2 N–H and O–H groups in total.